The number of hydrogen-bond donors (Lipinski definition) is 0. The summed E-state index contributed by atoms with van der Waals surface area (Å²) < 4.78 is 6.18. The van der Waals surface area contributed by atoms with E-state index < -0.39 is 0 Å². The van der Waals surface area contributed by atoms with Crippen LogP contribution in [-0.2, 0) is 4.74 Å². The number of benzene rings is 1. The van der Waals surface area contributed by atoms with Crippen LogP contribution in [0.25, 0.3) is 0 Å². The number of halogens is 1. The number of ether oxygens (including phenoxy) is 1. The summed E-state index contributed by atoms with van der Waals surface area (Å²) in [5, 5.41) is 0. The van der Waals surface area contributed by atoms with Gasteiger partial charge in [0, 0.05) is 35.9 Å². The van der Waals surface area contributed by atoms with E-state index in [1.54, 1.807) is 7.11 Å². The van der Waals surface area contributed by atoms with Gasteiger partial charge in [-0.05, 0) is 40.5 Å². The Morgan fingerprint density at radius 3 is 2.94 bits per heavy atom. The molecule has 86 valence electrons. The highest BCUT2D eigenvalue weighted by Crippen LogP contribution is 2.26. The Bertz CT molecular complexity index is 395. The molecule has 1 unspecified atom stereocenters. The van der Waals surface area contributed by atoms with Crippen molar-refractivity contribution in [3.05, 3.63) is 28.2 Å². The van der Waals surface area contributed by atoms with Gasteiger partial charge in [-0.1, -0.05) is 0 Å². The molecule has 0 saturated carbocycles. The van der Waals surface area contributed by atoms with Gasteiger partial charge < -0.3 is 9.64 Å². The van der Waals surface area contributed by atoms with Crippen molar-refractivity contribution >= 4 is 27.9 Å². The van der Waals surface area contributed by atoms with Crippen LogP contribution in [0.3, 0.4) is 0 Å². The topological polar surface area (TPSA) is 29.5 Å². The van der Waals surface area contributed by atoms with Gasteiger partial charge in [0.15, 0.2) is 6.29 Å². The van der Waals surface area contributed by atoms with E-state index in [1.165, 1.54) is 0 Å². The van der Waals surface area contributed by atoms with Gasteiger partial charge in [0.05, 0.1) is 6.10 Å². The molecule has 1 saturated heterocycles. The van der Waals surface area contributed by atoms with Crippen LogP contribution in [0.1, 0.15) is 16.8 Å². The smallest absolute Gasteiger partial charge is 0.151 e. The minimum absolute atomic E-state index is 0.324. The Kier molecular flexibility index (Phi) is 3.61. The first kappa shape index (κ1) is 11.6. The first-order chi connectivity index (χ1) is 7.74. The fourth-order valence-corrected chi connectivity index (χ4v) is 2.42. The molecule has 0 amide bonds. The average molecular weight is 284 g/mol. The first-order valence-electron chi connectivity index (χ1n) is 5.27. The fraction of sp³-hybridized carbons (Fsp3) is 0.417. The van der Waals surface area contributed by atoms with E-state index in [9.17, 15) is 4.79 Å². The van der Waals surface area contributed by atoms with E-state index in [0.29, 0.717) is 11.7 Å². The van der Waals surface area contributed by atoms with Crippen LogP contribution in [0.4, 0.5) is 5.69 Å². The molecular weight excluding hydrogens is 270 g/mol. The largest absolute Gasteiger partial charge is 0.380 e. The fourth-order valence-electron chi connectivity index (χ4n) is 1.96. The third-order valence-electron chi connectivity index (χ3n) is 2.95. The van der Waals surface area contributed by atoms with E-state index in [2.05, 4.69) is 20.8 Å². The molecule has 1 atom stereocenters. The molecule has 1 fully saturated rings. The third kappa shape index (κ3) is 2.28. The van der Waals surface area contributed by atoms with Crippen molar-refractivity contribution in [2.75, 3.05) is 25.1 Å². The standard InChI is InChI=1S/C12H14BrNO2/c1-16-11-4-5-14(7-11)10-3-2-9(8-15)12(13)6-10/h2-3,6,8,11H,4-5,7H2,1H3. The molecule has 3 nitrogen and oxygen atoms in total. The molecule has 0 radical (unpaired) electrons. The lowest BCUT2D eigenvalue weighted by Crippen LogP contribution is -2.22. The molecule has 2 rings (SSSR count). The number of aldehydes is 1. The van der Waals surface area contributed by atoms with Crippen molar-refractivity contribution in [3.8, 4) is 0 Å². The Balaban J connectivity index is 2.16. The third-order valence-corrected chi connectivity index (χ3v) is 3.64. The average Bonchev–Trinajstić information content (AvgIpc) is 2.77. The SMILES string of the molecule is COC1CCN(c2ccc(C=O)c(Br)c2)C1. The van der Waals surface area contributed by atoms with Crippen molar-refractivity contribution in [2.24, 2.45) is 0 Å². The quantitative estimate of drug-likeness (QED) is 0.799. The van der Waals surface area contributed by atoms with Gasteiger partial charge in [-0.3, -0.25) is 4.79 Å². The highest BCUT2D eigenvalue weighted by atomic mass is 79.9. The van der Waals surface area contributed by atoms with Gasteiger partial charge in [-0.2, -0.15) is 0 Å². The Morgan fingerprint density at radius 1 is 1.56 bits per heavy atom. The Hall–Kier alpha value is -0.870. The summed E-state index contributed by atoms with van der Waals surface area (Å²) in [6, 6.07) is 5.81. The van der Waals surface area contributed by atoms with Crippen molar-refractivity contribution in [3.63, 3.8) is 0 Å². The molecule has 1 aliphatic rings. The van der Waals surface area contributed by atoms with Gasteiger partial charge >= 0.3 is 0 Å². The second-order valence-corrected chi connectivity index (χ2v) is 4.77. The number of methoxy groups -OCH3 is 1. The van der Waals surface area contributed by atoms with Crippen LogP contribution >= 0.6 is 15.9 Å². The van der Waals surface area contributed by atoms with Crippen LogP contribution in [0, 0.1) is 0 Å². The number of hydrogen-bond acceptors (Lipinski definition) is 3. The number of carbonyl (C=O) groups is 1. The van der Waals surface area contributed by atoms with E-state index >= 15 is 0 Å². The lowest BCUT2D eigenvalue weighted by atomic mass is 10.2. The van der Waals surface area contributed by atoms with Crippen LogP contribution in [0.5, 0.6) is 0 Å². The summed E-state index contributed by atoms with van der Waals surface area (Å²) in [5.41, 5.74) is 1.82. The summed E-state index contributed by atoms with van der Waals surface area (Å²) in [6.45, 7) is 1.93. The Morgan fingerprint density at radius 2 is 2.38 bits per heavy atom. The van der Waals surface area contributed by atoms with Gasteiger partial charge in [0.2, 0.25) is 0 Å². The highest BCUT2D eigenvalue weighted by Gasteiger charge is 2.22. The van der Waals surface area contributed by atoms with Crippen LogP contribution in [-0.4, -0.2) is 32.6 Å². The van der Waals surface area contributed by atoms with E-state index in [0.717, 1.165) is 36.0 Å². The van der Waals surface area contributed by atoms with Crippen LogP contribution < -0.4 is 4.90 Å². The summed E-state index contributed by atoms with van der Waals surface area (Å²) in [6.07, 6.45) is 2.24. The maximum atomic E-state index is 10.7. The molecule has 0 aromatic heterocycles. The van der Waals surface area contributed by atoms with Gasteiger partial charge in [-0.15, -0.1) is 0 Å². The number of anilines is 1. The molecule has 0 spiro atoms. The Labute approximate surface area is 104 Å². The molecule has 0 N–H and O–H groups in total. The number of carbonyl (C=O) groups excluding carboxylic acids is 1. The maximum Gasteiger partial charge on any atom is 0.151 e. The van der Waals surface area contributed by atoms with Gasteiger partial charge in [0.25, 0.3) is 0 Å². The zero-order valence-corrected chi connectivity index (χ0v) is 10.7. The minimum atomic E-state index is 0.324. The second-order valence-electron chi connectivity index (χ2n) is 3.92. The lowest BCUT2D eigenvalue weighted by molar-refractivity contribution is 0.112. The minimum Gasteiger partial charge on any atom is -0.380 e. The number of rotatable bonds is 3. The summed E-state index contributed by atoms with van der Waals surface area (Å²) >= 11 is 3.40. The lowest BCUT2D eigenvalue weighted by Gasteiger charge is -2.18. The van der Waals surface area contributed by atoms with E-state index in [-0.39, 0.29) is 0 Å². The molecule has 16 heavy (non-hydrogen) atoms. The van der Waals surface area contributed by atoms with Crippen molar-refractivity contribution in [2.45, 2.75) is 12.5 Å². The normalized spacial score (nSPS) is 20.1. The molecule has 4 heteroatoms. The summed E-state index contributed by atoms with van der Waals surface area (Å²) in [7, 11) is 1.75. The van der Waals surface area contributed by atoms with E-state index in [4.69, 9.17) is 4.74 Å². The first-order valence-corrected chi connectivity index (χ1v) is 6.06. The molecular formula is C12H14BrNO2. The molecule has 0 aliphatic carbocycles. The van der Waals surface area contributed by atoms with Crippen molar-refractivity contribution in [1.82, 2.24) is 0 Å². The van der Waals surface area contributed by atoms with Crippen LogP contribution in [0.2, 0.25) is 0 Å². The summed E-state index contributed by atoms with van der Waals surface area (Å²) in [4.78, 5) is 13.0. The highest BCUT2D eigenvalue weighted by molar-refractivity contribution is 9.10. The molecule has 1 aromatic rings. The predicted molar refractivity (Wildman–Crippen MR) is 67.2 cm³/mol. The maximum absolute atomic E-state index is 10.7. The van der Waals surface area contributed by atoms with Gasteiger partial charge in [0.1, 0.15) is 0 Å². The molecule has 1 heterocycles. The molecule has 0 bridgehead atoms. The van der Waals surface area contributed by atoms with Gasteiger partial charge in [-0.25, -0.2) is 0 Å². The second kappa shape index (κ2) is 4.97. The summed E-state index contributed by atoms with van der Waals surface area (Å²) in [5.74, 6) is 0. The zero-order chi connectivity index (χ0) is 11.5. The predicted octanol–water partition coefficient (Wildman–Crippen LogP) is 2.49. The van der Waals surface area contributed by atoms with Crippen LogP contribution in [0.15, 0.2) is 22.7 Å². The monoisotopic (exact) mass is 283 g/mol. The number of nitrogens with zero attached hydrogens (tertiary/aromatic N) is 1. The van der Waals surface area contributed by atoms with E-state index in [1.807, 2.05) is 18.2 Å². The zero-order valence-electron chi connectivity index (χ0n) is 9.15. The van der Waals surface area contributed by atoms with Crippen molar-refractivity contribution < 1.29 is 9.53 Å². The molecule has 1 aromatic carbocycles. The molecule has 1 aliphatic heterocycles. The van der Waals surface area contributed by atoms with Crippen molar-refractivity contribution in [1.29, 1.82) is 0 Å².